The van der Waals surface area contributed by atoms with Crippen molar-refractivity contribution in [1.29, 1.82) is 0 Å². The summed E-state index contributed by atoms with van der Waals surface area (Å²) in [5.41, 5.74) is 0. The average Bonchev–Trinajstić information content (AvgIpc) is 2.05. The Hall–Kier alpha value is -0.530. The van der Waals surface area contributed by atoms with Crippen molar-refractivity contribution in [2.45, 2.75) is 45.6 Å². The van der Waals surface area contributed by atoms with Gasteiger partial charge in [-0.2, -0.15) is 0 Å². The van der Waals surface area contributed by atoms with Crippen molar-refractivity contribution >= 4 is 6.41 Å². The fourth-order valence-electron chi connectivity index (χ4n) is 2.25. The van der Waals surface area contributed by atoms with Crippen LogP contribution in [0.25, 0.3) is 0 Å². The molecular weight excluding hydrogens is 150 g/mol. The molecule has 0 aliphatic heterocycles. The number of hydrogen-bond donors (Lipinski definition) is 1. The Bertz CT molecular complexity index is 145. The van der Waals surface area contributed by atoms with E-state index >= 15 is 0 Å². The Balaban J connectivity index is 2.47. The quantitative estimate of drug-likeness (QED) is 0.643. The van der Waals surface area contributed by atoms with E-state index in [0.717, 1.165) is 6.41 Å². The van der Waals surface area contributed by atoms with E-state index in [1.54, 1.807) is 0 Å². The van der Waals surface area contributed by atoms with Gasteiger partial charge in [-0.25, -0.2) is 0 Å². The van der Waals surface area contributed by atoms with E-state index in [-0.39, 0.29) is 0 Å². The predicted molar refractivity (Wildman–Crippen MR) is 49.8 cm³/mol. The molecule has 0 radical (unpaired) electrons. The summed E-state index contributed by atoms with van der Waals surface area (Å²) in [6.45, 7) is 4.49. The Morgan fingerprint density at radius 1 is 1.33 bits per heavy atom. The fraction of sp³-hybridized carbons (Fsp3) is 0.900. The van der Waals surface area contributed by atoms with Crippen LogP contribution >= 0.6 is 0 Å². The van der Waals surface area contributed by atoms with E-state index < -0.39 is 0 Å². The minimum atomic E-state index is 0.441. The Morgan fingerprint density at radius 3 is 2.58 bits per heavy atom. The number of nitrogens with one attached hydrogen (secondary N) is 1. The highest BCUT2D eigenvalue weighted by atomic mass is 16.1. The van der Waals surface area contributed by atoms with Crippen LogP contribution < -0.4 is 5.32 Å². The zero-order valence-corrected chi connectivity index (χ0v) is 8.05. The van der Waals surface area contributed by atoms with E-state index in [1.807, 2.05) is 0 Å². The summed E-state index contributed by atoms with van der Waals surface area (Å²) in [5, 5.41) is 2.94. The van der Waals surface area contributed by atoms with E-state index in [0.29, 0.717) is 17.9 Å². The molecule has 1 amide bonds. The third-order valence-corrected chi connectivity index (χ3v) is 2.96. The predicted octanol–water partition coefficient (Wildman–Crippen LogP) is 1.95. The molecule has 1 aliphatic rings. The van der Waals surface area contributed by atoms with E-state index in [9.17, 15) is 4.79 Å². The van der Waals surface area contributed by atoms with Crippen LogP contribution in [0.3, 0.4) is 0 Å². The summed E-state index contributed by atoms with van der Waals surface area (Å²) in [5.74, 6) is 1.40. The van der Waals surface area contributed by atoms with Crippen molar-refractivity contribution in [1.82, 2.24) is 5.32 Å². The van der Waals surface area contributed by atoms with Crippen LogP contribution in [0, 0.1) is 11.8 Å². The lowest BCUT2D eigenvalue weighted by molar-refractivity contribution is -0.110. The monoisotopic (exact) mass is 169 g/mol. The maximum absolute atomic E-state index is 10.3. The highest BCUT2D eigenvalue weighted by Crippen LogP contribution is 2.29. The van der Waals surface area contributed by atoms with Crippen molar-refractivity contribution in [2.24, 2.45) is 11.8 Å². The van der Waals surface area contributed by atoms with Gasteiger partial charge in [0, 0.05) is 6.04 Å². The van der Waals surface area contributed by atoms with Gasteiger partial charge >= 0.3 is 0 Å². The van der Waals surface area contributed by atoms with Gasteiger partial charge in [0.25, 0.3) is 0 Å². The van der Waals surface area contributed by atoms with Crippen LogP contribution in [0.1, 0.15) is 39.5 Å². The molecule has 0 heterocycles. The number of amides is 1. The van der Waals surface area contributed by atoms with Crippen LogP contribution in [0.4, 0.5) is 0 Å². The highest BCUT2D eigenvalue weighted by Gasteiger charge is 2.26. The van der Waals surface area contributed by atoms with Gasteiger partial charge in [0.05, 0.1) is 0 Å². The van der Waals surface area contributed by atoms with Crippen molar-refractivity contribution in [3.63, 3.8) is 0 Å². The lowest BCUT2D eigenvalue weighted by Gasteiger charge is -2.33. The van der Waals surface area contributed by atoms with Crippen molar-refractivity contribution in [3.8, 4) is 0 Å². The number of hydrogen-bond acceptors (Lipinski definition) is 1. The maximum Gasteiger partial charge on any atom is 0.207 e. The molecule has 12 heavy (non-hydrogen) atoms. The second kappa shape index (κ2) is 4.48. The number of rotatable bonds is 3. The molecule has 2 heteroatoms. The van der Waals surface area contributed by atoms with E-state index in [4.69, 9.17) is 0 Å². The Morgan fingerprint density at radius 2 is 2.00 bits per heavy atom. The summed E-state index contributed by atoms with van der Waals surface area (Å²) in [6.07, 6.45) is 5.91. The average molecular weight is 169 g/mol. The molecule has 2 nitrogen and oxygen atoms in total. The molecular formula is C10H19NO. The largest absolute Gasteiger partial charge is 0.356 e. The zero-order valence-electron chi connectivity index (χ0n) is 8.05. The molecule has 0 aromatic carbocycles. The minimum absolute atomic E-state index is 0.441. The second-order valence-corrected chi connectivity index (χ2v) is 4.08. The molecule has 2 atom stereocenters. The SMILES string of the molecule is CC(C)[C@@H]1CCCC[C@@H]1NC=O. The molecule has 0 unspecified atom stereocenters. The van der Waals surface area contributed by atoms with Gasteiger partial charge in [0.2, 0.25) is 6.41 Å². The summed E-state index contributed by atoms with van der Waals surface area (Å²) in [4.78, 5) is 10.3. The number of carbonyl (C=O) groups excluding carboxylic acids is 1. The fourth-order valence-corrected chi connectivity index (χ4v) is 2.25. The normalized spacial score (nSPS) is 30.2. The summed E-state index contributed by atoms with van der Waals surface area (Å²) < 4.78 is 0. The Kier molecular flexibility index (Phi) is 3.57. The third kappa shape index (κ3) is 2.23. The molecule has 0 spiro atoms. The molecule has 70 valence electrons. The molecule has 0 aromatic rings. The van der Waals surface area contributed by atoms with Gasteiger partial charge in [-0.15, -0.1) is 0 Å². The van der Waals surface area contributed by atoms with Crippen LogP contribution in [-0.4, -0.2) is 12.5 Å². The molecule has 1 aliphatic carbocycles. The summed E-state index contributed by atoms with van der Waals surface area (Å²) >= 11 is 0. The van der Waals surface area contributed by atoms with Gasteiger partial charge < -0.3 is 5.32 Å². The summed E-state index contributed by atoms with van der Waals surface area (Å²) in [6, 6.07) is 0.441. The highest BCUT2D eigenvalue weighted by molar-refractivity contribution is 5.46. The first-order valence-electron chi connectivity index (χ1n) is 4.95. The van der Waals surface area contributed by atoms with Gasteiger partial charge in [0.1, 0.15) is 0 Å². The van der Waals surface area contributed by atoms with Crippen molar-refractivity contribution in [2.75, 3.05) is 0 Å². The van der Waals surface area contributed by atoms with Crippen LogP contribution in [0.5, 0.6) is 0 Å². The third-order valence-electron chi connectivity index (χ3n) is 2.96. The molecule has 1 N–H and O–H groups in total. The second-order valence-electron chi connectivity index (χ2n) is 4.08. The van der Waals surface area contributed by atoms with Crippen molar-refractivity contribution < 1.29 is 4.79 Å². The first-order chi connectivity index (χ1) is 5.75. The van der Waals surface area contributed by atoms with E-state index in [2.05, 4.69) is 19.2 Å². The van der Waals surface area contributed by atoms with Crippen LogP contribution in [0.15, 0.2) is 0 Å². The van der Waals surface area contributed by atoms with E-state index in [1.165, 1.54) is 25.7 Å². The van der Waals surface area contributed by atoms with Crippen LogP contribution in [0.2, 0.25) is 0 Å². The first-order valence-corrected chi connectivity index (χ1v) is 4.95. The lowest BCUT2D eigenvalue weighted by atomic mass is 9.78. The van der Waals surface area contributed by atoms with Gasteiger partial charge in [-0.3, -0.25) is 4.79 Å². The Labute approximate surface area is 74.7 Å². The minimum Gasteiger partial charge on any atom is -0.356 e. The molecule has 1 fully saturated rings. The van der Waals surface area contributed by atoms with Gasteiger partial charge in [-0.1, -0.05) is 26.7 Å². The lowest BCUT2D eigenvalue weighted by Crippen LogP contribution is -2.40. The van der Waals surface area contributed by atoms with Gasteiger partial charge in [-0.05, 0) is 24.7 Å². The standard InChI is InChI=1S/C10H19NO/c1-8(2)9-5-3-4-6-10(9)11-7-12/h7-10H,3-6H2,1-2H3,(H,11,12)/t9-,10-/m0/s1. The summed E-state index contributed by atoms with van der Waals surface area (Å²) in [7, 11) is 0. The smallest absolute Gasteiger partial charge is 0.207 e. The molecule has 0 aromatic heterocycles. The van der Waals surface area contributed by atoms with Crippen LogP contribution in [-0.2, 0) is 4.79 Å². The molecule has 0 bridgehead atoms. The molecule has 1 saturated carbocycles. The topological polar surface area (TPSA) is 29.1 Å². The maximum atomic E-state index is 10.3. The number of carbonyl (C=O) groups is 1. The van der Waals surface area contributed by atoms with Gasteiger partial charge in [0.15, 0.2) is 0 Å². The molecule has 0 saturated heterocycles. The first kappa shape index (κ1) is 9.56. The van der Waals surface area contributed by atoms with Crippen molar-refractivity contribution in [3.05, 3.63) is 0 Å². The zero-order chi connectivity index (χ0) is 8.97. The molecule has 1 rings (SSSR count).